The molecule has 2 aromatic rings. The molecular weight excluding hydrogens is 601 g/mol. The number of rotatable bonds is 5. The Kier molecular flexibility index (Phi) is 7.83. The van der Waals surface area contributed by atoms with Crippen molar-refractivity contribution in [2.45, 2.75) is 37.4 Å². The van der Waals surface area contributed by atoms with Gasteiger partial charge in [-0.15, -0.1) is 11.8 Å². The predicted octanol–water partition coefficient (Wildman–Crippen LogP) is 5.64. The Hall–Kier alpha value is -2.01. The molecule has 1 aliphatic heterocycles. The van der Waals surface area contributed by atoms with Crippen molar-refractivity contribution in [1.29, 1.82) is 5.26 Å². The summed E-state index contributed by atoms with van der Waals surface area (Å²) in [5, 5.41) is 10.2. The van der Waals surface area contributed by atoms with E-state index in [0.717, 1.165) is 6.07 Å². The van der Waals surface area contributed by atoms with Crippen LogP contribution in [0.1, 0.15) is 26.3 Å². The van der Waals surface area contributed by atoms with Crippen molar-refractivity contribution in [2.24, 2.45) is 4.99 Å². The predicted molar refractivity (Wildman–Crippen MR) is 135 cm³/mol. The number of nitriles is 1. The first-order chi connectivity index (χ1) is 15.4. The molecule has 0 bridgehead atoms. The lowest BCUT2D eigenvalue weighted by atomic mass is 10.2. The second-order valence-corrected chi connectivity index (χ2v) is 12.1. The van der Waals surface area contributed by atoms with Crippen molar-refractivity contribution in [3.63, 3.8) is 0 Å². The van der Waals surface area contributed by atoms with Crippen LogP contribution in [-0.4, -0.2) is 41.9 Å². The first-order valence-corrected chi connectivity index (χ1v) is 13.4. The number of ether oxygens (including phenoxy) is 2. The third-order valence-corrected chi connectivity index (χ3v) is 7.74. The van der Waals surface area contributed by atoms with E-state index in [4.69, 9.17) is 21.1 Å². The summed E-state index contributed by atoms with van der Waals surface area (Å²) in [6, 6.07) is 10.7. The minimum Gasteiger partial charge on any atom is -0.455 e. The summed E-state index contributed by atoms with van der Waals surface area (Å²) in [5.74, 6) is 0.884. The van der Waals surface area contributed by atoms with E-state index < -0.39 is 27.9 Å². The van der Waals surface area contributed by atoms with Gasteiger partial charge in [-0.2, -0.15) is 9.57 Å². The second-order valence-electron chi connectivity index (χ2n) is 7.80. The Labute approximate surface area is 215 Å². The highest BCUT2D eigenvalue weighted by atomic mass is 127. The van der Waals surface area contributed by atoms with Crippen molar-refractivity contribution in [2.75, 3.05) is 5.75 Å². The number of hydrogen-bond acceptors (Lipinski definition) is 8. The van der Waals surface area contributed by atoms with Gasteiger partial charge in [-0.1, -0.05) is 11.6 Å². The maximum Gasteiger partial charge on any atom is 0.426 e. The van der Waals surface area contributed by atoms with Crippen molar-refractivity contribution in [3.05, 3.63) is 50.6 Å². The molecule has 0 radical (unpaired) electrons. The van der Waals surface area contributed by atoms with Crippen LogP contribution >= 0.6 is 46.0 Å². The van der Waals surface area contributed by atoms with E-state index in [9.17, 15) is 18.5 Å². The number of benzene rings is 2. The standard InChI is InChI=1S/C21H19ClIN3O5S2/c1-21(2,3)31-20(27)26(19-11-32-12-25-19)33(28,29)15-5-7-17(13(8-15)10-24)30-18-6-4-14(22)9-16(18)23/h4-9,12,19H,11H2,1-3H3. The molecule has 0 saturated heterocycles. The van der Waals surface area contributed by atoms with Crippen molar-refractivity contribution < 1.29 is 22.7 Å². The monoisotopic (exact) mass is 619 g/mol. The molecule has 0 aromatic heterocycles. The van der Waals surface area contributed by atoms with Crippen LogP contribution in [-0.2, 0) is 14.8 Å². The summed E-state index contributed by atoms with van der Waals surface area (Å²) in [6.07, 6.45) is -1.99. The fourth-order valence-corrected chi connectivity index (χ4v) is 5.95. The van der Waals surface area contributed by atoms with Gasteiger partial charge in [0.1, 0.15) is 23.2 Å². The molecule has 174 valence electrons. The Morgan fingerprint density at radius 1 is 1.27 bits per heavy atom. The van der Waals surface area contributed by atoms with Crippen LogP contribution in [0.15, 0.2) is 46.3 Å². The highest BCUT2D eigenvalue weighted by molar-refractivity contribution is 14.1. The Morgan fingerprint density at radius 2 is 1.97 bits per heavy atom. The number of carbonyl (C=O) groups excluding carboxylic acids is 1. The van der Waals surface area contributed by atoms with Crippen LogP contribution in [0.3, 0.4) is 0 Å². The molecule has 1 heterocycles. The molecular formula is C21H19ClIN3O5S2. The summed E-state index contributed by atoms with van der Waals surface area (Å²) in [7, 11) is -4.39. The van der Waals surface area contributed by atoms with E-state index in [1.165, 1.54) is 29.4 Å². The van der Waals surface area contributed by atoms with E-state index in [1.54, 1.807) is 39.0 Å². The number of nitrogens with zero attached hydrogens (tertiary/aromatic N) is 3. The van der Waals surface area contributed by atoms with Crippen LogP contribution in [0, 0.1) is 14.9 Å². The van der Waals surface area contributed by atoms with Gasteiger partial charge in [-0.05, 0) is 79.8 Å². The molecule has 3 rings (SSSR count). The van der Waals surface area contributed by atoms with Gasteiger partial charge in [0.25, 0.3) is 10.0 Å². The minimum atomic E-state index is -4.39. The molecule has 1 aliphatic rings. The maximum absolute atomic E-state index is 13.5. The molecule has 1 amide bonds. The highest BCUT2D eigenvalue weighted by Gasteiger charge is 2.40. The largest absolute Gasteiger partial charge is 0.455 e. The fraction of sp³-hybridized carbons (Fsp3) is 0.286. The smallest absolute Gasteiger partial charge is 0.426 e. The van der Waals surface area contributed by atoms with Crippen LogP contribution < -0.4 is 4.74 Å². The van der Waals surface area contributed by atoms with Gasteiger partial charge in [-0.25, -0.2) is 13.2 Å². The lowest BCUT2D eigenvalue weighted by molar-refractivity contribution is 0.0355. The van der Waals surface area contributed by atoms with Crippen LogP contribution in [0.4, 0.5) is 4.79 Å². The maximum atomic E-state index is 13.5. The van der Waals surface area contributed by atoms with Crippen LogP contribution in [0.25, 0.3) is 0 Å². The third kappa shape index (κ3) is 6.11. The zero-order valence-corrected chi connectivity index (χ0v) is 22.3. The normalized spacial score (nSPS) is 15.7. The first kappa shape index (κ1) is 25.6. The molecule has 8 nitrogen and oxygen atoms in total. The highest BCUT2D eigenvalue weighted by Crippen LogP contribution is 2.33. The second kappa shape index (κ2) is 10.1. The molecule has 0 N–H and O–H groups in total. The zero-order valence-electron chi connectivity index (χ0n) is 17.8. The first-order valence-electron chi connectivity index (χ1n) is 9.50. The molecule has 0 saturated carbocycles. The Morgan fingerprint density at radius 3 is 2.55 bits per heavy atom. The van der Waals surface area contributed by atoms with Crippen molar-refractivity contribution in [1.82, 2.24) is 4.31 Å². The quantitative estimate of drug-likeness (QED) is 0.399. The van der Waals surface area contributed by atoms with Crippen molar-refractivity contribution >= 4 is 67.6 Å². The van der Waals surface area contributed by atoms with Gasteiger partial charge in [0.2, 0.25) is 0 Å². The number of thioether (sulfide) groups is 1. The molecule has 1 unspecified atom stereocenters. The molecule has 1 atom stereocenters. The molecule has 33 heavy (non-hydrogen) atoms. The summed E-state index contributed by atoms with van der Waals surface area (Å²) < 4.78 is 39.4. The molecule has 0 aliphatic carbocycles. The van der Waals surface area contributed by atoms with E-state index in [-0.39, 0.29) is 22.0 Å². The number of carbonyl (C=O) groups is 1. The molecule has 2 aromatic carbocycles. The number of aliphatic imine (C=N–C) groups is 1. The summed E-state index contributed by atoms with van der Waals surface area (Å²) in [4.78, 5) is 16.7. The minimum absolute atomic E-state index is 0.0183. The summed E-state index contributed by atoms with van der Waals surface area (Å²) in [6.45, 7) is 4.92. The summed E-state index contributed by atoms with van der Waals surface area (Å²) in [5.41, 5.74) is 0.560. The zero-order chi connectivity index (χ0) is 24.4. The third-order valence-electron chi connectivity index (χ3n) is 4.14. The fourth-order valence-electron chi connectivity index (χ4n) is 2.74. The Bertz CT molecular complexity index is 1260. The van der Waals surface area contributed by atoms with E-state index in [1.807, 2.05) is 28.7 Å². The van der Waals surface area contributed by atoms with E-state index >= 15 is 0 Å². The van der Waals surface area contributed by atoms with Gasteiger partial charge in [0.15, 0.2) is 6.17 Å². The molecule has 0 fully saturated rings. The SMILES string of the molecule is CC(C)(C)OC(=O)N(C1CSC=N1)S(=O)(=O)c1ccc(Oc2ccc(Cl)cc2I)c(C#N)c1. The van der Waals surface area contributed by atoms with Crippen LogP contribution in [0.2, 0.25) is 5.02 Å². The van der Waals surface area contributed by atoms with Gasteiger partial charge >= 0.3 is 6.09 Å². The topological polar surface area (TPSA) is 109 Å². The number of amides is 1. The van der Waals surface area contributed by atoms with Gasteiger partial charge in [-0.3, -0.25) is 4.99 Å². The lowest BCUT2D eigenvalue weighted by Gasteiger charge is -2.29. The van der Waals surface area contributed by atoms with Gasteiger partial charge < -0.3 is 9.47 Å². The van der Waals surface area contributed by atoms with Crippen molar-refractivity contribution in [3.8, 4) is 17.6 Å². The van der Waals surface area contributed by atoms with E-state index in [2.05, 4.69) is 4.99 Å². The average Bonchev–Trinajstić information content (AvgIpc) is 3.22. The molecule has 0 spiro atoms. The Balaban J connectivity index is 1.99. The lowest BCUT2D eigenvalue weighted by Crippen LogP contribution is -2.46. The van der Waals surface area contributed by atoms with E-state index in [0.29, 0.717) is 18.6 Å². The average molecular weight is 620 g/mol. The van der Waals surface area contributed by atoms with Gasteiger partial charge in [0, 0.05) is 10.8 Å². The van der Waals surface area contributed by atoms with Crippen LogP contribution in [0.5, 0.6) is 11.5 Å². The van der Waals surface area contributed by atoms with Gasteiger partial charge in [0.05, 0.1) is 19.6 Å². The molecule has 12 heteroatoms. The number of sulfonamides is 1. The number of halogens is 2. The summed E-state index contributed by atoms with van der Waals surface area (Å²) >= 11 is 9.29. The number of hydrogen-bond donors (Lipinski definition) is 0.